The van der Waals surface area contributed by atoms with Gasteiger partial charge in [0.25, 0.3) is 0 Å². The Balaban J connectivity index is 1.65. The van der Waals surface area contributed by atoms with E-state index in [1.54, 1.807) is 61.7 Å². The van der Waals surface area contributed by atoms with Crippen LogP contribution in [-0.4, -0.2) is 151 Å². The van der Waals surface area contributed by atoms with E-state index >= 15 is 0 Å². The highest BCUT2D eigenvalue weighted by molar-refractivity contribution is 8.77. The molecule has 0 aliphatic carbocycles. The first-order chi connectivity index (χ1) is 36.9. The van der Waals surface area contributed by atoms with Gasteiger partial charge in [-0.1, -0.05) is 89.2 Å². The molecule has 0 spiro atoms. The summed E-state index contributed by atoms with van der Waals surface area (Å²) in [6, 6.07) is 9.79. The van der Waals surface area contributed by atoms with Crippen LogP contribution in [0.5, 0.6) is 5.75 Å². The lowest BCUT2D eigenvalue weighted by Crippen LogP contribution is -2.65. The molecule has 24 nitrogen and oxygen atoms in total. The van der Waals surface area contributed by atoms with Gasteiger partial charge in [0, 0.05) is 52.9 Å². The number of aromatic hydroxyl groups is 1. The zero-order valence-electron chi connectivity index (χ0n) is 43.9. The number of hydrogen-bond acceptors (Lipinski definition) is 15. The van der Waals surface area contributed by atoms with Crippen LogP contribution in [0.3, 0.4) is 0 Å². The second-order valence-electron chi connectivity index (χ2n) is 19.6. The predicted molar refractivity (Wildman–Crippen MR) is 297 cm³/mol. The number of nitrogens with zero attached hydrogens (tertiary/aromatic N) is 1. The highest BCUT2D eigenvalue weighted by atomic mass is 33.1. The first-order valence-electron chi connectivity index (χ1n) is 25.1. The first-order valence-corrected chi connectivity index (χ1v) is 27.5. The number of phenolic OH excluding ortho intramolecular Hbond substituents is 1. The second-order valence-corrected chi connectivity index (χ2v) is 22.6. The summed E-state index contributed by atoms with van der Waals surface area (Å²) in [5.74, 6) is -8.71. The SMILES string of the molecule is C[C@H](c1ccccc1)[C@@H](N)C(=O)N[C@H]1CSSC(C)(C)[C@@H](C(=O)N[C@H](C(N)=O)[C@@H](C)O)NC(=O)[C@@H]([C@@H](C)O)NC(=O)[C@H](CCCN=C(N)N)NC(=O)[C@@H](Cc2c[nH]c3ccccc23)NC(=O)[C@H](Cc2ccc(O)cc2)NC1=O. The molecule has 1 aromatic heterocycles. The Hall–Kier alpha value is -7.39. The molecule has 19 N–H and O–H groups in total. The van der Waals surface area contributed by atoms with E-state index in [1.165, 1.54) is 52.0 Å². The predicted octanol–water partition coefficient (Wildman–Crippen LogP) is -1.34. The van der Waals surface area contributed by atoms with Crippen LogP contribution in [0.4, 0.5) is 0 Å². The Kier molecular flexibility index (Phi) is 22.3. The third kappa shape index (κ3) is 17.3. The van der Waals surface area contributed by atoms with E-state index in [2.05, 4.69) is 47.2 Å². The van der Waals surface area contributed by atoms with Crippen molar-refractivity contribution >= 4 is 85.7 Å². The number of guanidine groups is 1. The molecule has 78 heavy (non-hydrogen) atoms. The third-order valence-corrected chi connectivity index (χ3v) is 16.3. The normalized spacial score (nSPS) is 22.8. The lowest BCUT2D eigenvalue weighted by atomic mass is 9.93. The van der Waals surface area contributed by atoms with Gasteiger partial charge in [0.15, 0.2) is 5.96 Å². The third-order valence-electron chi connectivity index (χ3n) is 13.0. The van der Waals surface area contributed by atoms with Crippen LogP contribution in [0, 0.1) is 0 Å². The van der Waals surface area contributed by atoms with Gasteiger partial charge in [-0.3, -0.25) is 43.3 Å². The molecule has 0 bridgehead atoms. The van der Waals surface area contributed by atoms with E-state index in [0.29, 0.717) is 22.0 Å². The molecule has 1 aliphatic rings. The van der Waals surface area contributed by atoms with Crippen molar-refractivity contribution in [3.8, 4) is 5.75 Å². The van der Waals surface area contributed by atoms with Crippen LogP contribution in [-0.2, 0) is 51.2 Å². The number of fused-ring (bicyclic) bond motifs is 1. The number of aliphatic hydroxyl groups excluding tert-OH is 2. The van der Waals surface area contributed by atoms with Gasteiger partial charge in [0.05, 0.1) is 18.2 Å². The lowest BCUT2D eigenvalue weighted by Gasteiger charge is -2.36. The minimum atomic E-state index is -1.80. The first kappa shape index (κ1) is 61.5. The minimum Gasteiger partial charge on any atom is -0.508 e. The molecule has 422 valence electrons. The number of phenols is 1. The summed E-state index contributed by atoms with van der Waals surface area (Å²) in [5.41, 5.74) is 25.7. The van der Waals surface area contributed by atoms with Gasteiger partial charge in [-0.25, -0.2) is 0 Å². The number of benzene rings is 3. The summed E-state index contributed by atoms with van der Waals surface area (Å²) in [4.78, 5) is 121. The van der Waals surface area contributed by atoms with Crippen molar-refractivity contribution < 1.29 is 53.7 Å². The van der Waals surface area contributed by atoms with E-state index in [9.17, 15) is 53.7 Å². The molecule has 8 amide bonds. The average Bonchev–Trinajstić information content (AvgIpc) is 3.82. The van der Waals surface area contributed by atoms with Crippen molar-refractivity contribution in [2.45, 2.75) is 132 Å². The fraction of sp³-hybridized carbons (Fsp3) is 0.442. The highest BCUT2D eigenvalue weighted by Gasteiger charge is 2.43. The number of aromatic nitrogens is 1. The fourth-order valence-electron chi connectivity index (χ4n) is 8.45. The van der Waals surface area contributed by atoms with Crippen LogP contribution in [0.15, 0.2) is 90.1 Å². The summed E-state index contributed by atoms with van der Waals surface area (Å²) in [5, 5.41) is 50.8. The molecule has 26 heteroatoms. The van der Waals surface area contributed by atoms with E-state index in [0.717, 1.165) is 27.2 Å². The molecule has 4 aromatic rings. The number of amides is 8. The van der Waals surface area contributed by atoms with Crippen molar-refractivity contribution in [2.24, 2.45) is 27.9 Å². The number of H-pyrrole nitrogens is 1. The molecule has 2 heterocycles. The maximum Gasteiger partial charge on any atom is 0.245 e. The molecule has 0 saturated carbocycles. The standard InChI is InChI=1S/C52H71N13O11S2/c1-26(30-12-7-6-8-13-30)39(53)48(74)62-38-25-77-78-52(4,5)42(50(76)63-40(27(2)66)43(54)69)65-49(75)41(28(3)67)64-44(70)35(16-11-21-57-51(55)56)59-46(72)37(23-31-24-58-34-15-10-9-14-33(31)34)61-45(71)36(60-47(38)73)22-29-17-19-32(68)20-18-29/h6-10,12-15,17-20,24,26-28,35-42,58,66-68H,11,16,21-23,25,53H2,1-5H3,(H2,54,69)(H,59,72)(H,60,73)(H,61,71)(H,62,74)(H,63,76)(H,64,70)(H,65,75)(H4,55,56,57)/t26-,27-,28-,35+,36+,37-,38+,39-,40+,41-,42-/m1/s1. The number of primary amides is 1. The summed E-state index contributed by atoms with van der Waals surface area (Å²) in [6.07, 6.45) is -1.93. The molecule has 11 atom stereocenters. The molecule has 0 unspecified atom stereocenters. The molecule has 1 saturated heterocycles. The van der Waals surface area contributed by atoms with Crippen molar-refractivity contribution in [3.63, 3.8) is 0 Å². The van der Waals surface area contributed by atoms with Gasteiger partial charge in [-0.15, -0.1) is 0 Å². The molecule has 3 aromatic carbocycles. The molecule has 5 rings (SSSR count). The Labute approximate surface area is 459 Å². The summed E-state index contributed by atoms with van der Waals surface area (Å²) < 4.78 is -1.45. The van der Waals surface area contributed by atoms with Gasteiger partial charge in [-0.05, 0) is 75.4 Å². The van der Waals surface area contributed by atoms with Crippen LogP contribution < -0.4 is 60.2 Å². The average molecular weight is 1120 g/mol. The lowest BCUT2D eigenvalue weighted by molar-refractivity contribution is -0.137. The van der Waals surface area contributed by atoms with Gasteiger partial charge in [-0.2, -0.15) is 0 Å². The second kappa shape index (κ2) is 28.3. The molecule has 1 fully saturated rings. The van der Waals surface area contributed by atoms with Crippen LogP contribution in [0.2, 0.25) is 0 Å². The van der Waals surface area contributed by atoms with Gasteiger partial charge in [0.2, 0.25) is 47.3 Å². The van der Waals surface area contributed by atoms with E-state index in [-0.39, 0.29) is 49.7 Å². The maximum atomic E-state index is 14.9. The molecular weight excluding hydrogens is 1050 g/mol. The number of carbonyl (C=O) groups is 8. The van der Waals surface area contributed by atoms with Gasteiger partial charge < -0.3 is 80.5 Å². The van der Waals surface area contributed by atoms with Crippen LogP contribution in [0.25, 0.3) is 10.9 Å². The largest absolute Gasteiger partial charge is 0.508 e. The highest BCUT2D eigenvalue weighted by Crippen LogP contribution is 2.39. The van der Waals surface area contributed by atoms with Crippen LogP contribution in [0.1, 0.15) is 70.1 Å². The quantitative estimate of drug-likeness (QED) is 0.0252. The van der Waals surface area contributed by atoms with Crippen molar-refractivity contribution in [1.82, 2.24) is 42.2 Å². The Morgan fingerprint density at radius 2 is 1.37 bits per heavy atom. The summed E-state index contributed by atoms with van der Waals surface area (Å²) in [6.45, 7) is 7.19. The number of aliphatic hydroxyl groups is 2. The van der Waals surface area contributed by atoms with Gasteiger partial charge >= 0.3 is 0 Å². The summed E-state index contributed by atoms with van der Waals surface area (Å²) in [7, 11) is 1.92. The number of aliphatic imine (C=N–C) groups is 1. The zero-order chi connectivity index (χ0) is 57.4. The maximum absolute atomic E-state index is 14.9. The topological polar surface area (TPSA) is 414 Å². The van der Waals surface area contributed by atoms with Gasteiger partial charge in [0.1, 0.15) is 48.0 Å². The number of aromatic amines is 1. The Bertz CT molecular complexity index is 2780. The number of rotatable bonds is 17. The smallest absolute Gasteiger partial charge is 0.245 e. The number of para-hydroxylation sites is 1. The molecular formula is C52H71N13O11S2. The monoisotopic (exact) mass is 1120 g/mol. The number of carbonyl (C=O) groups excluding carboxylic acids is 8. The van der Waals surface area contributed by atoms with Crippen molar-refractivity contribution in [1.29, 1.82) is 0 Å². The molecule has 0 radical (unpaired) electrons. The number of hydrogen-bond donors (Lipinski definition) is 15. The van der Waals surface area contributed by atoms with Crippen molar-refractivity contribution in [3.05, 3.63) is 102 Å². The Morgan fingerprint density at radius 3 is 2.00 bits per heavy atom. The minimum absolute atomic E-state index is 0.00378. The van der Waals surface area contributed by atoms with E-state index < -0.39 is 118 Å². The zero-order valence-corrected chi connectivity index (χ0v) is 45.5. The van der Waals surface area contributed by atoms with E-state index in [1.807, 2.05) is 6.07 Å². The molecule has 1 aliphatic heterocycles. The van der Waals surface area contributed by atoms with Crippen molar-refractivity contribution in [2.75, 3.05) is 12.3 Å². The number of nitrogens with two attached hydrogens (primary N) is 4. The van der Waals surface area contributed by atoms with E-state index in [4.69, 9.17) is 22.9 Å². The van der Waals surface area contributed by atoms with Crippen LogP contribution >= 0.6 is 21.6 Å². The summed E-state index contributed by atoms with van der Waals surface area (Å²) >= 11 is 0. The fourth-order valence-corrected chi connectivity index (χ4v) is 11.3. The Morgan fingerprint density at radius 1 is 0.769 bits per heavy atom. The number of nitrogens with one attached hydrogen (secondary N) is 8.